The zero-order chi connectivity index (χ0) is 17.6. The van der Waals surface area contributed by atoms with Crippen molar-refractivity contribution in [1.82, 2.24) is 5.32 Å². The van der Waals surface area contributed by atoms with Crippen LogP contribution in [0.3, 0.4) is 0 Å². The first kappa shape index (κ1) is 17.0. The van der Waals surface area contributed by atoms with Crippen LogP contribution >= 0.6 is 0 Å². The van der Waals surface area contributed by atoms with Gasteiger partial charge in [0.15, 0.2) is 0 Å². The lowest BCUT2D eigenvalue weighted by Crippen LogP contribution is -2.33. The van der Waals surface area contributed by atoms with Crippen molar-refractivity contribution in [2.45, 2.75) is 25.8 Å². The summed E-state index contributed by atoms with van der Waals surface area (Å²) < 4.78 is 5.42. The average molecular weight is 333 g/mol. The highest BCUT2D eigenvalue weighted by molar-refractivity contribution is 6.01. The van der Waals surface area contributed by atoms with Crippen LogP contribution in [0.2, 0.25) is 0 Å². The van der Waals surface area contributed by atoms with E-state index in [1.165, 1.54) is 5.56 Å². The highest BCUT2D eigenvalue weighted by Crippen LogP contribution is 2.26. The summed E-state index contributed by atoms with van der Waals surface area (Å²) in [5.41, 5.74) is 1.86. The second-order valence-electron chi connectivity index (χ2n) is 6.30. The van der Waals surface area contributed by atoms with E-state index in [1.54, 1.807) is 7.11 Å². The Labute approximate surface area is 148 Å². The van der Waals surface area contributed by atoms with E-state index in [0.29, 0.717) is 11.3 Å². The van der Waals surface area contributed by atoms with Gasteiger partial charge in [-0.15, -0.1) is 0 Å². The minimum atomic E-state index is -0.0943. The number of nitrogens with one attached hydrogen (secondary N) is 1. The van der Waals surface area contributed by atoms with Crippen molar-refractivity contribution in [2.75, 3.05) is 7.11 Å². The second kappa shape index (κ2) is 7.84. The quantitative estimate of drug-likeness (QED) is 0.716. The van der Waals surface area contributed by atoms with Gasteiger partial charge in [-0.1, -0.05) is 54.6 Å². The molecule has 1 N–H and O–H groups in total. The standard InChI is InChI=1S/C22H23NO2/c1-16(12-13-17-8-4-3-5-9-17)23-22(24)20-14-18-10-6-7-11-19(18)15-21(20)25-2/h3-11,14-16H,12-13H2,1-2H3,(H,23,24)/t16-/m1/s1. The Morgan fingerprint density at radius 1 is 1.00 bits per heavy atom. The zero-order valence-corrected chi connectivity index (χ0v) is 14.7. The molecule has 0 aliphatic heterocycles. The van der Waals surface area contributed by atoms with Crippen LogP contribution < -0.4 is 10.1 Å². The van der Waals surface area contributed by atoms with Gasteiger partial charge in [0.1, 0.15) is 5.75 Å². The number of ether oxygens (including phenoxy) is 1. The molecule has 3 aromatic carbocycles. The molecule has 1 atom stereocenters. The normalized spacial score (nSPS) is 11.9. The molecule has 128 valence electrons. The van der Waals surface area contributed by atoms with Gasteiger partial charge in [0, 0.05) is 6.04 Å². The van der Waals surface area contributed by atoms with Crippen molar-refractivity contribution in [1.29, 1.82) is 0 Å². The molecule has 0 fully saturated rings. The molecule has 3 rings (SSSR count). The smallest absolute Gasteiger partial charge is 0.255 e. The Kier molecular flexibility index (Phi) is 5.34. The maximum absolute atomic E-state index is 12.7. The van der Waals surface area contributed by atoms with Gasteiger partial charge in [-0.05, 0) is 48.2 Å². The lowest BCUT2D eigenvalue weighted by atomic mass is 10.0. The van der Waals surface area contributed by atoms with Crippen LogP contribution in [0.5, 0.6) is 5.75 Å². The van der Waals surface area contributed by atoms with Crippen LogP contribution in [0.4, 0.5) is 0 Å². The summed E-state index contributed by atoms with van der Waals surface area (Å²) in [6.07, 6.45) is 1.84. The molecular weight excluding hydrogens is 310 g/mol. The highest BCUT2D eigenvalue weighted by atomic mass is 16.5. The Bertz CT molecular complexity index is 858. The van der Waals surface area contributed by atoms with Gasteiger partial charge >= 0.3 is 0 Å². The minimum Gasteiger partial charge on any atom is -0.496 e. The lowest BCUT2D eigenvalue weighted by molar-refractivity contribution is 0.0935. The van der Waals surface area contributed by atoms with Gasteiger partial charge in [-0.3, -0.25) is 4.79 Å². The third-order valence-electron chi connectivity index (χ3n) is 4.40. The zero-order valence-electron chi connectivity index (χ0n) is 14.7. The van der Waals surface area contributed by atoms with E-state index in [-0.39, 0.29) is 11.9 Å². The number of carbonyl (C=O) groups excluding carboxylic acids is 1. The summed E-state index contributed by atoms with van der Waals surface area (Å²) in [7, 11) is 1.60. The molecule has 0 saturated heterocycles. The van der Waals surface area contributed by atoms with E-state index in [9.17, 15) is 4.79 Å². The van der Waals surface area contributed by atoms with Gasteiger partial charge in [0.2, 0.25) is 0 Å². The highest BCUT2D eigenvalue weighted by Gasteiger charge is 2.15. The van der Waals surface area contributed by atoms with Crippen LogP contribution in [-0.2, 0) is 6.42 Å². The number of carbonyl (C=O) groups is 1. The van der Waals surface area contributed by atoms with Crippen molar-refractivity contribution in [3.63, 3.8) is 0 Å². The van der Waals surface area contributed by atoms with Crippen LogP contribution in [-0.4, -0.2) is 19.1 Å². The van der Waals surface area contributed by atoms with Crippen molar-refractivity contribution >= 4 is 16.7 Å². The van der Waals surface area contributed by atoms with Crippen LogP contribution in [0.1, 0.15) is 29.3 Å². The molecule has 0 unspecified atom stereocenters. The fourth-order valence-corrected chi connectivity index (χ4v) is 2.97. The van der Waals surface area contributed by atoms with Crippen molar-refractivity contribution < 1.29 is 9.53 Å². The molecule has 0 spiro atoms. The third kappa shape index (κ3) is 4.18. The van der Waals surface area contributed by atoms with Gasteiger partial charge < -0.3 is 10.1 Å². The monoisotopic (exact) mass is 333 g/mol. The van der Waals surface area contributed by atoms with E-state index in [4.69, 9.17) is 4.74 Å². The van der Waals surface area contributed by atoms with E-state index < -0.39 is 0 Å². The molecule has 3 nitrogen and oxygen atoms in total. The minimum absolute atomic E-state index is 0.0869. The van der Waals surface area contributed by atoms with Crippen molar-refractivity contribution in [3.8, 4) is 5.75 Å². The summed E-state index contributed by atoms with van der Waals surface area (Å²) in [5.74, 6) is 0.509. The molecule has 25 heavy (non-hydrogen) atoms. The lowest BCUT2D eigenvalue weighted by Gasteiger charge is -2.16. The fourth-order valence-electron chi connectivity index (χ4n) is 2.97. The number of benzene rings is 3. The second-order valence-corrected chi connectivity index (χ2v) is 6.30. The van der Waals surface area contributed by atoms with Crippen LogP contribution in [0.25, 0.3) is 10.8 Å². The molecule has 0 saturated carbocycles. The third-order valence-corrected chi connectivity index (χ3v) is 4.40. The van der Waals surface area contributed by atoms with E-state index in [1.807, 2.05) is 61.5 Å². The molecule has 3 heteroatoms. The van der Waals surface area contributed by atoms with Crippen molar-refractivity contribution in [2.24, 2.45) is 0 Å². The molecule has 0 heterocycles. The number of methoxy groups -OCH3 is 1. The van der Waals surface area contributed by atoms with E-state index in [0.717, 1.165) is 23.6 Å². The molecule has 0 aromatic heterocycles. The summed E-state index contributed by atoms with van der Waals surface area (Å²) >= 11 is 0. The number of hydrogen-bond acceptors (Lipinski definition) is 2. The first-order chi connectivity index (χ1) is 12.2. The Hall–Kier alpha value is -2.81. The van der Waals surface area contributed by atoms with Gasteiger partial charge in [0.05, 0.1) is 12.7 Å². The topological polar surface area (TPSA) is 38.3 Å². The summed E-state index contributed by atoms with van der Waals surface area (Å²) in [6, 6.07) is 22.2. The summed E-state index contributed by atoms with van der Waals surface area (Å²) in [4.78, 5) is 12.7. The summed E-state index contributed by atoms with van der Waals surface area (Å²) in [5, 5.41) is 5.18. The first-order valence-electron chi connectivity index (χ1n) is 8.59. The number of fused-ring (bicyclic) bond motifs is 1. The molecule has 3 aromatic rings. The Morgan fingerprint density at radius 2 is 1.64 bits per heavy atom. The largest absolute Gasteiger partial charge is 0.496 e. The molecule has 0 aliphatic carbocycles. The summed E-state index contributed by atoms with van der Waals surface area (Å²) in [6.45, 7) is 2.04. The maximum atomic E-state index is 12.7. The molecule has 1 amide bonds. The van der Waals surface area contributed by atoms with E-state index >= 15 is 0 Å². The predicted octanol–water partition coefficient (Wildman–Crippen LogP) is 4.60. The number of hydrogen-bond donors (Lipinski definition) is 1. The Balaban J connectivity index is 1.70. The number of aryl methyl sites for hydroxylation is 1. The average Bonchev–Trinajstić information content (AvgIpc) is 2.66. The SMILES string of the molecule is COc1cc2ccccc2cc1C(=O)N[C@H](C)CCc1ccccc1. The molecule has 0 radical (unpaired) electrons. The van der Waals surface area contributed by atoms with Gasteiger partial charge in [0.25, 0.3) is 5.91 Å². The number of amides is 1. The first-order valence-corrected chi connectivity index (χ1v) is 8.59. The van der Waals surface area contributed by atoms with Gasteiger partial charge in [-0.2, -0.15) is 0 Å². The maximum Gasteiger partial charge on any atom is 0.255 e. The van der Waals surface area contributed by atoms with Crippen LogP contribution in [0.15, 0.2) is 66.7 Å². The molecule has 0 bridgehead atoms. The van der Waals surface area contributed by atoms with Crippen LogP contribution in [0, 0.1) is 0 Å². The molecule has 0 aliphatic rings. The fraction of sp³-hybridized carbons (Fsp3) is 0.227. The van der Waals surface area contributed by atoms with Crippen molar-refractivity contribution in [3.05, 3.63) is 77.9 Å². The molecular formula is C22H23NO2. The predicted molar refractivity (Wildman–Crippen MR) is 102 cm³/mol. The Morgan fingerprint density at radius 3 is 2.32 bits per heavy atom. The van der Waals surface area contributed by atoms with Gasteiger partial charge in [-0.25, -0.2) is 0 Å². The number of rotatable bonds is 6. The van der Waals surface area contributed by atoms with E-state index in [2.05, 4.69) is 17.4 Å².